The normalized spacial score (nSPS) is 21.5. The van der Waals surface area contributed by atoms with E-state index in [9.17, 15) is 0 Å². The number of aromatic nitrogens is 2. The molecule has 1 aliphatic rings. The van der Waals surface area contributed by atoms with Gasteiger partial charge in [0.25, 0.3) is 0 Å². The number of nitrogens with one attached hydrogen (secondary N) is 2. The zero-order valence-corrected chi connectivity index (χ0v) is 13.5. The average molecular weight is 294 g/mol. The van der Waals surface area contributed by atoms with Crippen molar-refractivity contribution < 1.29 is 9.47 Å². The maximum Gasteiger partial charge on any atom is 0.134 e. The van der Waals surface area contributed by atoms with E-state index in [-0.39, 0.29) is 5.60 Å². The second kappa shape index (κ2) is 7.04. The number of aryl methyl sites for hydroxylation is 1. The molecule has 2 heterocycles. The third-order valence-electron chi connectivity index (χ3n) is 3.98. The SMILES string of the molecule is CCCc1nc(NC)c(C)c(NCC2(OC)CCOC2)n1. The number of nitrogens with zero attached hydrogens (tertiary/aromatic N) is 2. The fourth-order valence-corrected chi connectivity index (χ4v) is 2.52. The molecule has 1 atom stereocenters. The number of rotatable bonds is 7. The standard InChI is InChI=1S/C15H26N4O2/c1-5-6-12-18-13(16-3)11(2)14(19-12)17-9-15(20-4)7-8-21-10-15/h5-10H2,1-4H3,(H2,16,17,18,19). The Labute approximate surface area is 126 Å². The van der Waals surface area contributed by atoms with Crippen molar-refractivity contribution in [1.29, 1.82) is 0 Å². The first-order chi connectivity index (χ1) is 10.1. The van der Waals surface area contributed by atoms with Crippen LogP contribution in [0.3, 0.4) is 0 Å². The zero-order chi connectivity index (χ0) is 15.3. The molecule has 0 amide bonds. The number of methoxy groups -OCH3 is 1. The highest BCUT2D eigenvalue weighted by Gasteiger charge is 2.35. The van der Waals surface area contributed by atoms with Crippen molar-refractivity contribution in [3.63, 3.8) is 0 Å². The molecular weight excluding hydrogens is 268 g/mol. The van der Waals surface area contributed by atoms with Gasteiger partial charge in [0.05, 0.1) is 6.61 Å². The van der Waals surface area contributed by atoms with Gasteiger partial charge >= 0.3 is 0 Å². The smallest absolute Gasteiger partial charge is 0.134 e. The van der Waals surface area contributed by atoms with Gasteiger partial charge in [-0.3, -0.25) is 0 Å². The highest BCUT2D eigenvalue weighted by Crippen LogP contribution is 2.25. The summed E-state index contributed by atoms with van der Waals surface area (Å²) in [7, 11) is 3.63. The van der Waals surface area contributed by atoms with Crippen molar-refractivity contribution in [2.45, 2.75) is 38.7 Å². The summed E-state index contributed by atoms with van der Waals surface area (Å²) in [4.78, 5) is 9.18. The molecule has 0 radical (unpaired) electrons. The van der Waals surface area contributed by atoms with Gasteiger partial charge in [0.2, 0.25) is 0 Å². The Bertz CT molecular complexity index is 473. The van der Waals surface area contributed by atoms with Crippen LogP contribution in [0.2, 0.25) is 0 Å². The van der Waals surface area contributed by atoms with E-state index in [0.29, 0.717) is 13.2 Å². The Morgan fingerprint density at radius 3 is 2.67 bits per heavy atom. The predicted molar refractivity (Wildman–Crippen MR) is 84.0 cm³/mol. The first-order valence-corrected chi connectivity index (χ1v) is 7.56. The summed E-state index contributed by atoms with van der Waals surface area (Å²) in [5, 5.41) is 6.56. The van der Waals surface area contributed by atoms with Crippen LogP contribution in [-0.2, 0) is 15.9 Å². The van der Waals surface area contributed by atoms with Crippen molar-refractivity contribution in [2.24, 2.45) is 0 Å². The van der Waals surface area contributed by atoms with Gasteiger partial charge in [-0.2, -0.15) is 0 Å². The van der Waals surface area contributed by atoms with E-state index in [1.807, 2.05) is 14.0 Å². The molecule has 0 spiro atoms. The van der Waals surface area contributed by atoms with Crippen LogP contribution >= 0.6 is 0 Å². The van der Waals surface area contributed by atoms with Crippen LogP contribution in [0.15, 0.2) is 0 Å². The lowest BCUT2D eigenvalue weighted by Crippen LogP contribution is -2.40. The first-order valence-electron chi connectivity index (χ1n) is 7.56. The summed E-state index contributed by atoms with van der Waals surface area (Å²) in [6.45, 7) is 6.22. The number of anilines is 2. The summed E-state index contributed by atoms with van der Waals surface area (Å²) in [5.41, 5.74) is 0.782. The van der Waals surface area contributed by atoms with Crippen LogP contribution in [-0.4, -0.2) is 49.5 Å². The molecule has 21 heavy (non-hydrogen) atoms. The zero-order valence-electron chi connectivity index (χ0n) is 13.5. The fraction of sp³-hybridized carbons (Fsp3) is 0.733. The highest BCUT2D eigenvalue weighted by atomic mass is 16.5. The lowest BCUT2D eigenvalue weighted by atomic mass is 10.0. The largest absolute Gasteiger partial charge is 0.378 e. The minimum atomic E-state index is -0.248. The first kappa shape index (κ1) is 16.0. The van der Waals surface area contributed by atoms with Gasteiger partial charge < -0.3 is 20.1 Å². The van der Waals surface area contributed by atoms with Gasteiger partial charge in [-0.1, -0.05) is 6.92 Å². The summed E-state index contributed by atoms with van der Waals surface area (Å²) in [5.74, 6) is 2.62. The number of ether oxygens (including phenoxy) is 2. The molecule has 1 saturated heterocycles. The molecule has 1 fully saturated rings. The summed E-state index contributed by atoms with van der Waals surface area (Å²) in [6.07, 6.45) is 2.81. The van der Waals surface area contributed by atoms with Crippen molar-refractivity contribution in [3.8, 4) is 0 Å². The lowest BCUT2D eigenvalue weighted by molar-refractivity contribution is -0.00626. The van der Waals surface area contributed by atoms with Crippen molar-refractivity contribution in [3.05, 3.63) is 11.4 Å². The van der Waals surface area contributed by atoms with Crippen LogP contribution in [0.4, 0.5) is 11.6 Å². The molecule has 0 saturated carbocycles. The summed E-state index contributed by atoms with van der Waals surface area (Å²) < 4.78 is 11.1. The topological polar surface area (TPSA) is 68.3 Å². The number of hydrogen-bond donors (Lipinski definition) is 2. The highest BCUT2D eigenvalue weighted by molar-refractivity contribution is 5.57. The molecule has 1 aromatic rings. The predicted octanol–water partition coefficient (Wildman–Crippen LogP) is 2.00. The molecule has 1 aromatic heterocycles. The van der Waals surface area contributed by atoms with E-state index in [4.69, 9.17) is 9.47 Å². The molecule has 0 bridgehead atoms. The lowest BCUT2D eigenvalue weighted by Gasteiger charge is -2.26. The van der Waals surface area contributed by atoms with E-state index in [1.165, 1.54) is 0 Å². The Balaban J connectivity index is 2.16. The molecule has 6 nitrogen and oxygen atoms in total. The average Bonchev–Trinajstić information content (AvgIpc) is 2.97. The van der Waals surface area contributed by atoms with E-state index in [0.717, 1.165) is 48.9 Å². The van der Waals surface area contributed by atoms with Crippen molar-refractivity contribution >= 4 is 11.6 Å². The molecule has 6 heteroatoms. The third-order valence-corrected chi connectivity index (χ3v) is 3.98. The molecule has 2 N–H and O–H groups in total. The van der Waals surface area contributed by atoms with Gasteiger partial charge in [0, 0.05) is 45.7 Å². The summed E-state index contributed by atoms with van der Waals surface area (Å²) in [6, 6.07) is 0. The quantitative estimate of drug-likeness (QED) is 0.801. The van der Waals surface area contributed by atoms with Gasteiger partial charge in [-0.05, 0) is 13.3 Å². The fourth-order valence-electron chi connectivity index (χ4n) is 2.52. The Kier molecular flexibility index (Phi) is 5.36. The van der Waals surface area contributed by atoms with Gasteiger partial charge in [-0.25, -0.2) is 9.97 Å². The molecule has 0 aromatic carbocycles. The monoisotopic (exact) mass is 294 g/mol. The van der Waals surface area contributed by atoms with Crippen molar-refractivity contribution in [1.82, 2.24) is 9.97 Å². The molecule has 1 aliphatic heterocycles. The Morgan fingerprint density at radius 1 is 1.33 bits per heavy atom. The molecule has 118 valence electrons. The van der Waals surface area contributed by atoms with Crippen LogP contribution in [0.25, 0.3) is 0 Å². The Hall–Kier alpha value is -1.40. The maximum absolute atomic E-state index is 5.65. The molecule has 0 aliphatic carbocycles. The van der Waals surface area contributed by atoms with Gasteiger partial charge in [0.1, 0.15) is 23.1 Å². The minimum Gasteiger partial charge on any atom is -0.378 e. The molecular formula is C15H26N4O2. The van der Waals surface area contributed by atoms with Crippen LogP contribution in [0.1, 0.15) is 31.2 Å². The third kappa shape index (κ3) is 3.63. The molecule has 2 rings (SSSR count). The number of hydrogen-bond acceptors (Lipinski definition) is 6. The van der Waals surface area contributed by atoms with E-state index < -0.39 is 0 Å². The Morgan fingerprint density at radius 2 is 2.10 bits per heavy atom. The minimum absolute atomic E-state index is 0.248. The van der Waals surface area contributed by atoms with Gasteiger partial charge in [0.15, 0.2) is 0 Å². The van der Waals surface area contributed by atoms with E-state index in [2.05, 4.69) is 27.5 Å². The van der Waals surface area contributed by atoms with Crippen LogP contribution in [0.5, 0.6) is 0 Å². The van der Waals surface area contributed by atoms with Crippen LogP contribution in [0, 0.1) is 6.92 Å². The van der Waals surface area contributed by atoms with Gasteiger partial charge in [-0.15, -0.1) is 0 Å². The summed E-state index contributed by atoms with van der Waals surface area (Å²) >= 11 is 0. The second-order valence-corrected chi connectivity index (χ2v) is 5.51. The van der Waals surface area contributed by atoms with E-state index >= 15 is 0 Å². The second-order valence-electron chi connectivity index (χ2n) is 5.51. The van der Waals surface area contributed by atoms with Crippen molar-refractivity contribution in [2.75, 3.05) is 44.5 Å². The maximum atomic E-state index is 5.65. The van der Waals surface area contributed by atoms with Crippen LogP contribution < -0.4 is 10.6 Å². The molecule has 1 unspecified atom stereocenters. The van der Waals surface area contributed by atoms with E-state index in [1.54, 1.807) is 7.11 Å².